The number of likely N-dealkylation sites (N-methyl/N-ethyl adjacent to an activating group) is 2. The summed E-state index contributed by atoms with van der Waals surface area (Å²) in [5.41, 5.74) is 6.80. The number of likely N-dealkylation sites (tertiary alicyclic amines) is 1. The van der Waals surface area contributed by atoms with Crippen LogP contribution in [0.25, 0.3) is 0 Å². The van der Waals surface area contributed by atoms with Gasteiger partial charge in [-0.05, 0) is 44.6 Å². The highest BCUT2D eigenvalue weighted by atomic mass is 35.5. The maximum absolute atomic E-state index is 12.4. The normalized spacial score (nSPS) is 19.6. The average molecular weight is 282 g/mol. The van der Waals surface area contributed by atoms with Crippen LogP contribution in [-0.4, -0.2) is 48.9 Å². The van der Waals surface area contributed by atoms with Crippen molar-refractivity contribution in [3.8, 4) is 0 Å². The van der Waals surface area contributed by atoms with Gasteiger partial charge in [0.1, 0.15) is 0 Å². The van der Waals surface area contributed by atoms with E-state index in [1.165, 1.54) is 6.42 Å². The monoisotopic (exact) mass is 281 g/mol. The molecule has 0 saturated carbocycles. The Morgan fingerprint density at radius 1 is 1.58 bits per heavy atom. The molecule has 0 radical (unpaired) electrons. The van der Waals surface area contributed by atoms with Crippen LogP contribution in [0.5, 0.6) is 0 Å². The molecule has 0 bridgehead atoms. The molecule has 5 heteroatoms. The standard InChI is InChI=1S/C14H20ClN3O/c1-17-7-3-4-11(17)9-18(2)14(19)12-8-10(15)5-6-13(12)16/h5-6,8,11H,3-4,7,9,16H2,1-2H3. The molecule has 0 aliphatic carbocycles. The third kappa shape index (κ3) is 3.19. The fourth-order valence-corrected chi connectivity index (χ4v) is 2.70. The number of halogens is 1. The SMILES string of the molecule is CN(CC1CCCN1C)C(=O)c1cc(Cl)ccc1N. The van der Waals surface area contributed by atoms with E-state index >= 15 is 0 Å². The van der Waals surface area contributed by atoms with Crippen molar-refractivity contribution in [2.45, 2.75) is 18.9 Å². The van der Waals surface area contributed by atoms with Crippen molar-refractivity contribution < 1.29 is 4.79 Å². The number of nitrogens with zero attached hydrogens (tertiary/aromatic N) is 2. The molecule has 1 fully saturated rings. The Morgan fingerprint density at radius 2 is 2.32 bits per heavy atom. The molecule has 4 nitrogen and oxygen atoms in total. The van der Waals surface area contributed by atoms with Crippen LogP contribution in [0.3, 0.4) is 0 Å². The minimum atomic E-state index is -0.0692. The van der Waals surface area contributed by atoms with Gasteiger partial charge >= 0.3 is 0 Å². The van der Waals surface area contributed by atoms with Gasteiger partial charge in [0, 0.05) is 30.3 Å². The number of hydrogen-bond donors (Lipinski definition) is 1. The minimum Gasteiger partial charge on any atom is -0.398 e. The van der Waals surface area contributed by atoms with Gasteiger partial charge in [-0.25, -0.2) is 0 Å². The summed E-state index contributed by atoms with van der Waals surface area (Å²) in [7, 11) is 3.92. The van der Waals surface area contributed by atoms with E-state index in [0.717, 1.165) is 19.5 Å². The van der Waals surface area contributed by atoms with Gasteiger partial charge in [-0.1, -0.05) is 11.6 Å². The van der Waals surface area contributed by atoms with E-state index in [4.69, 9.17) is 17.3 Å². The van der Waals surface area contributed by atoms with Crippen LogP contribution in [0.2, 0.25) is 5.02 Å². The van der Waals surface area contributed by atoms with Crippen molar-refractivity contribution >= 4 is 23.2 Å². The first-order valence-electron chi connectivity index (χ1n) is 6.50. The van der Waals surface area contributed by atoms with Crippen LogP contribution in [0.1, 0.15) is 23.2 Å². The van der Waals surface area contributed by atoms with E-state index in [2.05, 4.69) is 11.9 Å². The summed E-state index contributed by atoms with van der Waals surface area (Å²) in [5, 5.41) is 0.531. The fraction of sp³-hybridized carbons (Fsp3) is 0.500. The molecular formula is C14H20ClN3O. The molecule has 1 atom stereocenters. The average Bonchev–Trinajstić information content (AvgIpc) is 2.77. The van der Waals surface area contributed by atoms with Gasteiger partial charge < -0.3 is 15.5 Å². The van der Waals surface area contributed by atoms with E-state index < -0.39 is 0 Å². The number of anilines is 1. The smallest absolute Gasteiger partial charge is 0.255 e. The first-order chi connectivity index (χ1) is 8.99. The van der Waals surface area contributed by atoms with Crippen molar-refractivity contribution in [2.75, 3.05) is 32.9 Å². The number of nitrogens with two attached hydrogens (primary N) is 1. The first-order valence-corrected chi connectivity index (χ1v) is 6.87. The molecule has 1 amide bonds. The molecule has 1 aliphatic rings. The summed E-state index contributed by atoms with van der Waals surface area (Å²) < 4.78 is 0. The van der Waals surface area contributed by atoms with Gasteiger partial charge in [0.2, 0.25) is 0 Å². The third-order valence-corrected chi connectivity index (χ3v) is 3.98. The van der Waals surface area contributed by atoms with Crippen molar-refractivity contribution in [3.05, 3.63) is 28.8 Å². The van der Waals surface area contributed by atoms with Crippen LogP contribution in [0, 0.1) is 0 Å². The molecule has 19 heavy (non-hydrogen) atoms. The molecule has 2 N–H and O–H groups in total. The van der Waals surface area contributed by atoms with Gasteiger partial charge in [0.25, 0.3) is 5.91 Å². The van der Waals surface area contributed by atoms with E-state index in [-0.39, 0.29) is 5.91 Å². The van der Waals surface area contributed by atoms with Gasteiger partial charge in [0.05, 0.1) is 5.56 Å². The Kier molecular flexibility index (Phi) is 4.32. The molecule has 0 aromatic heterocycles. The highest BCUT2D eigenvalue weighted by molar-refractivity contribution is 6.31. The largest absolute Gasteiger partial charge is 0.398 e. The van der Waals surface area contributed by atoms with E-state index in [9.17, 15) is 4.79 Å². The number of hydrogen-bond acceptors (Lipinski definition) is 3. The summed E-state index contributed by atoms with van der Waals surface area (Å²) >= 11 is 5.92. The number of carbonyl (C=O) groups is 1. The van der Waals surface area contributed by atoms with Crippen molar-refractivity contribution in [1.82, 2.24) is 9.80 Å². The summed E-state index contributed by atoms with van der Waals surface area (Å²) in [6.07, 6.45) is 2.33. The van der Waals surface area contributed by atoms with Crippen molar-refractivity contribution in [3.63, 3.8) is 0 Å². The second kappa shape index (κ2) is 5.80. The lowest BCUT2D eigenvalue weighted by Gasteiger charge is -2.26. The lowest BCUT2D eigenvalue weighted by atomic mass is 10.1. The zero-order valence-corrected chi connectivity index (χ0v) is 12.2. The summed E-state index contributed by atoms with van der Waals surface area (Å²) in [4.78, 5) is 16.4. The van der Waals surface area contributed by atoms with Gasteiger partial charge in [-0.15, -0.1) is 0 Å². The zero-order valence-electron chi connectivity index (χ0n) is 11.4. The topological polar surface area (TPSA) is 49.6 Å². The van der Waals surface area contributed by atoms with Crippen LogP contribution >= 0.6 is 11.6 Å². The van der Waals surface area contributed by atoms with Gasteiger partial charge in [0.15, 0.2) is 0 Å². The number of amides is 1. The summed E-state index contributed by atoms with van der Waals surface area (Å²) in [6.45, 7) is 1.83. The second-order valence-corrected chi connectivity index (χ2v) is 5.63. The predicted molar refractivity (Wildman–Crippen MR) is 78.5 cm³/mol. The molecule has 0 spiro atoms. The Bertz CT molecular complexity index is 478. The van der Waals surface area contributed by atoms with E-state index in [1.807, 2.05) is 7.05 Å². The number of benzene rings is 1. The Balaban J connectivity index is 2.08. The molecule has 1 aromatic rings. The van der Waals surface area contributed by atoms with Crippen molar-refractivity contribution in [1.29, 1.82) is 0 Å². The predicted octanol–water partition coefficient (Wildman–Crippen LogP) is 2.09. The third-order valence-electron chi connectivity index (χ3n) is 3.75. The Morgan fingerprint density at radius 3 is 2.95 bits per heavy atom. The highest BCUT2D eigenvalue weighted by Gasteiger charge is 2.25. The second-order valence-electron chi connectivity index (χ2n) is 5.19. The molecule has 1 unspecified atom stereocenters. The molecule has 2 rings (SSSR count). The van der Waals surface area contributed by atoms with Crippen LogP contribution < -0.4 is 5.73 Å². The lowest BCUT2D eigenvalue weighted by Crippen LogP contribution is -2.39. The molecule has 1 aromatic carbocycles. The van der Waals surface area contributed by atoms with Crippen LogP contribution in [-0.2, 0) is 0 Å². The zero-order chi connectivity index (χ0) is 14.0. The molecular weight excluding hydrogens is 262 g/mol. The maximum Gasteiger partial charge on any atom is 0.255 e. The summed E-state index contributed by atoms with van der Waals surface area (Å²) in [5.74, 6) is -0.0692. The van der Waals surface area contributed by atoms with Gasteiger partial charge in [-0.3, -0.25) is 4.79 Å². The van der Waals surface area contributed by atoms with Crippen LogP contribution in [0.4, 0.5) is 5.69 Å². The molecule has 104 valence electrons. The quantitative estimate of drug-likeness (QED) is 0.863. The molecule has 1 saturated heterocycles. The lowest BCUT2D eigenvalue weighted by molar-refractivity contribution is 0.0762. The number of rotatable bonds is 3. The highest BCUT2D eigenvalue weighted by Crippen LogP contribution is 2.21. The number of carbonyl (C=O) groups excluding carboxylic acids is 1. The Labute approximate surface area is 119 Å². The Hall–Kier alpha value is -1.26. The molecule has 1 heterocycles. The maximum atomic E-state index is 12.4. The molecule has 1 aliphatic heterocycles. The van der Waals surface area contributed by atoms with E-state index in [0.29, 0.717) is 22.3 Å². The summed E-state index contributed by atoms with van der Waals surface area (Å²) in [6, 6.07) is 5.44. The minimum absolute atomic E-state index is 0.0692. The van der Waals surface area contributed by atoms with Crippen LogP contribution in [0.15, 0.2) is 18.2 Å². The van der Waals surface area contributed by atoms with Crippen molar-refractivity contribution in [2.24, 2.45) is 0 Å². The fourth-order valence-electron chi connectivity index (χ4n) is 2.53. The van der Waals surface area contributed by atoms with Gasteiger partial charge in [-0.2, -0.15) is 0 Å². The number of nitrogen functional groups attached to an aromatic ring is 1. The first kappa shape index (κ1) is 14.2. The van der Waals surface area contributed by atoms with E-state index in [1.54, 1.807) is 23.1 Å².